The Morgan fingerprint density at radius 3 is 2.37 bits per heavy atom. The molecule has 150 valence electrons. The number of carbonyl (C=O) groups is 2. The predicted octanol–water partition coefficient (Wildman–Crippen LogP) is 5.33. The highest BCUT2D eigenvalue weighted by Gasteiger charge is 2.28. The standard InChI is InChI=1S/C21H31NO4S/c1-7-16(18-13(2)17(12-27-18)19(23)25-6)14-8-10-15(11-9-14)22-20(24)26-21(3,4)5/h7,12,14-15H,8-11H2,1-6H3,(H,22,24)/t14-,15-. The smallest absolute Gasteiger partial charge is 0.407 e. The van der Waals surface area contributed by atoms with E-state index in [4.69, 9.17) is 9.47 Å². The van der Waals surface area contributed by atoms with Gasteiger partial charge in [-0.05, 0) is 77.4 Å². The highest BCUT2D eigenvalue weighted by Crippen LogP contribution is 2.40. The number of nitrogens with one attached hydrogen (secondary N) is 1. The Labute approximate surface area is 166 Å². The molecule has 1 N–H and O–H groups in total. The van der Waals surface area contributed by atoms with Gasteiger partial charge >= 0.3 is 12.1 Å². The second-order valence-electron chi connectivity index (χ2n) is 8.03. The largest absolute Gasteiger partial charge is 0.465 e. The van der Waals surface area contributed by atoms with Crippen LogP contribution in [0.15, 0.2) is 11.5 Å². The molecule has 5 nitrogen and oxygen atoms in total. The summed E-state index contributed by atoms with van der Waals surface area (Å²) in [6.07, 6.45) is 5.68. The minimum absolute atomic E-state index is 0.157. The van der Waals surface area contributed by atoms with Crippen molar-refractivity contribution < 1.29 is 19.1 Å². The fourth-order valence-electron chi connectivity index (χ4n) is 3.59. The Kier molecular flexibility index (Phi) is 7.09. The number of ether oxygens (including phenoxy) is 2. The molecule has 1 saturated carbocycles. The van der Waals surface area contributed by atoms with Gasteiger partial charge in [-0.1, -0.05) is 6.08 Å². The lowest BCUT2D eigenvalue weighted by Gasteiger charge is -2.31. The number of hydrogen-bond acceptors (Lipinski definition) is 5. The van der Waals surface area contributed by atoms with Crippen LogP contribution in [0.25, 0.3) is 5.57 Å². The van der Waals surface area contributed by atoms with Gasteiger partial charge in [0.1, 0.15) is 5.60 Å². The fraction of sp³-hybridized carbons (Fsp3) is 0.619. The van der Waals surface area contributed by atoms with E-state index in [0.717, 1.165) is 31.2 Å². The third-order valence-corrected chi connectivity index (χ3v) is 6.04. The number of amides is 1. The molecule has 1 aromatic rings. The van der Waals surface area contributed by atoms with Crippen molar-refractivity contribution in [3.05, 3.63) is 27.5 Å². The van der Waals surface area contributed by atoms with E-state index in [-0.39, 0.29) is 18.1 Å². The lowest BCUT2D eigenvalue weighted by Crippen LogP contribution is -2.41. The maximum atomic E-state index is 12.0. The maximum Gasteiger partial charge on any atom is 0.407 e. The highest BCUT2D eigenvalue weighted by molar-refractivity contribution is 7.11. The Morgan fingerprint density at radius 1 is 1.22 bits per heavy atom. The van der Waals surface area contributed by atoms with Crippen molar-refractivity contribution in [2.75, 3.05) is 7.11 Å². The van der Waals surface area contributed by atoms with E-state index in [1.54, 1.807) is 11.3 Å². The number of esters is 1. The van der Waals surface area contributed by atoms with Gasteiger partial charge < -0.3 is 14.8 Å². The number of carbonyl (C=O) groups excluding carboxylic acids is 2. The van der Waals surface area contributed by atoms with E-state index >= 15 is 0 Å². The van der Waals surface area contributed by atoms with Gasteiger partial charge in [-0.25, -0.2) is 9.59 Å². The first kappa shape index (κ1) is 21.5. The Hall–Kier alpha value is -1.82. The monoisotopic (exact) mass is 393 g/mol. The Morgan fingerprint density at radius 2 is 1.85 bits per heavy atom. The van der Waals surface area contributed by atoms with Crippen LogP contribution in [0.4, 0.5) is 4.79 Å². The number of methoxy groups -OCH3 is 1. The van der Waals surface area contributed by atoms with Gasteiger partial charge in [0.05, 0.1) is 12.7 Å². The molecule has 0 radical (unpaired) electrons. The van der Waals surface area contributed by atoms with E-state index in [1.165, 1.54) is 17.6 Å². The molecule has 1 fully saturated rings. The second-order valence-corrected chi connectivity index (χ2v) is 8.91. The molecule has 0 unspecified atom stereocenters. The van der Waals surface area contributed by atoms with Crippen LogP contribution in [-0.4, -0.2) is 30.8 Å². The molecular weight excluding hydrogens is 362 g/mol. The van der Waals surface area contributed by atoms with Gasteiger partial charge in [0, 0.05) is 16.3 Å². The van der Waals surface area contributed by atoms with Crippen molar-refractivity contribution in [1.82, 2.24) is 5.32 Å². The van der Waals surface area contributed by atoms with Gasteiger partial charge in [-0.3, -0.25) is 0 Å². The molecule has 27 heavy (non-hydrogen) atoms. The summed E-state index contributed by atoms with van der Waals surface area (Å²) >= 11 is 1.61. The van der Waals surface area contributed by atoms with Crippen LogP contribution >= 0.6 is 11.3 Å². The number of alkyl carbamates (subject to hydrolysis) is 1. The van der Waals surface area contributed by atoms with Gasteiger partial charge in [0.2, 0.25) is 0 Å². The van der Waals surface area contributed by atoms with Crippen LogP contribution in [0.3, 0.4) is 0 Å². The molecule has 0 aromatic carbocycles. The Bertz CT molecular complexity index is 706. The predicted molar refractivity (Wildman–Crippen MR) is 109 cm³/mol. The summed E-state index contributed by atoms with van der Waals surface area (Å²) in [6, 6.07) is 0.157. The number of thiophene rings is 1. The minimum Gasteiger partial charge on any atom is -0.465 e. The molecule has 1 amide bonds. The van der Waals surface area contributed by atoms with Crippen LogP contribution in [0.5, 0.6) is 0 Å². The number of allylic oxidation sites excluding steroid dienone is 2. The molecule has 1 aliphatic carbocycles. The SMILES string of the molecule is CC=C(c1scc(C(=O)OC)c1C)[C@H]1CC[C@H](NC(=O)OC(C)(C)C)CC1. The van der Waals surface area contributed by atoms with E-state index in [0.29, 0.717) is 11.5 Å². The summed E-state index contributed by atoms with van der Waals surface area (Å²) in [7, 11) is 1.41. The van der Waals surface area contributed by atoms with Crippen molar-refractivity contribution in [2.45, 2.75) is 71.9 Å². The molecule has 0 atom stereocenters. The molecule has 1 aliphatic rings. The zero-order valence-electron chi connectivity index (χ0n) is 17.2. The van der Waals surface area contributed by atoms with E-state index in [2.05, 4.69) is 18.3 Å². The molecule has 2 rings (SSSR count). The summed E-state index contributed by atoms with van der Waals surface area (Å²) in [4.78, 5) is 25.0. The average Bonchev–Trinajstić information content (AvgIpc) is 2.96. The van der Waals surface area contributed by atoms with Crippen LogP contribution in [0.1, 0.15) is 74.2 Å². The van der Waals surface area contributed by atoms with E-state index in [1.807, 2.05) is 33.1 Å². The molecule has 0 saturated heterocycles. The first-order valence-corrected chi connectivity index (χ1v) is 10.4. The van der Waals surface area contributed by atoms with Gasteiger partial charge in [-0.15, -0.1) is 11.3 Å². The molecule has 1 aromatic heterocycles. The number of rotatable bonds is 4. The highest BCUT2D eigenvalue weighted by atomic mass is 32.1. The second kappa shape index (κ2) is 8.91. The van der Waals surface area contributed by atoms with Crippen molar-refractivity contribution in [3.8, 4) is 0 Å². The van der Waals surface area contributed by atoms with Crippen LogP contribution in [-0.2, 0) is 9.47 Å². The zero-order valence-corrected chi connectivity index (χ0v) is 18.0. The summed E-state index contributed by atoms with van der Waals surface area (Å²) in [5.41, 5.74) is 2.46. The summed E-state index contributed by atoms with van der Waals surface area (Å²) in [5.74, 6) is 0.158. The molecular formula is C21H31NO4S. The molecule has 0 bridgehead atoms. The average molecular weight is 394 g/mol. The van der Waals surface area contributed by atoms with Gasteiger partial charge in [0.25, 0.3) is 0 Å². The molecule has 0 spiro atoms. The van der Waals surface area contributed by atoms with Crippen molar-refractivity contribution >= 4 is 29.0 Å². The molecule has 1 heterocycles. The molecule has 0 aliphatic heterocycles. The van der Waals surface area contributed by atoms with Crippen molar-refractivity contribution in [2.24, 2.45) is 5.92 Å². The summed E-state index contributed by atoms with van der Waals surface area (Å²) in [6.45, 7) is 9.64. The van der Waals surface area contributed by atoms with E-state index < -0.39 is 5.60 Å². The Balaban J connectivity index is 1.99. The normalized spacial score (nSPS) is 20.9. The van der Waals surface area contributed by atoms with Gasteiger partial charge in [0.15, 0.2) is 0 Å². The summed E-state index contributed by atoms with van der Waals surface area (Å²) < 4.78 is 10.2. The first-order chi connectivity index (χ1) is 12.7. The van der Waals surface area contributed by atoms with Gasteiger partial charge in [-0.2, -0.15) is 0 Å². The zero-order chi connectivity index (χ0) is 20.2. The van der Waals surface area contributed by atoms with Crippen LogP contribution < -0.4 is 5.32 Å². The quantitative estimate of drug-likeness (QED) is 0.702. The summed E-state index contributed by atoms with van der Waals surface area (Å²) in [5, 5.41) is 4.88. The fourth-order valence-corrected chi connectivity index (χ4v) is 4.80. The van der Waals surface area contributed by atoms with Crippen LogP contribution in [0, 0.1) is 12.8 Å². The number of hydrogen-bond donors (Lipinski definition) is 1. The third kappa shape index (κ3) is 5.58. The maximum absolute atomic E-state index is 12.0. The lowest BCUT2D eigenvalue weighted by molar-refractivity contribution is 0.0489. The lowest BCUT2D eigenvalue weighted by atomic mass is 9.80. The first-order valence-electron chi connectivity index (χ1n) is 9.48. The minimum atomic E-state index is -0.479. The van der Waals surface area contributed by atoms with Crippen molar-refractivity contribution in [1.29, 1.82) is 0 Å². The van der Waals surface area contributed by atoms with E-state index in [9.17, 15) is 9.59 Å². The molecule has 6 heteroatoms. The van der Waals surface area contributed by atoms with Crippen LogP contribution in [0.2, 0.25) is 0 Å². The van der Waals surface area contributed by atoms with Crippen molar-refractivity contribution in [3.63, 3.8) is 0 Å². The third-order valence-electron chi connectivity index (χ3n) is 4.91. The topological polar surface area (TPSA) is 64.6 Å².